The first-order valence-electron chi connectivity index (χ1n) is 8.79. The highest BCUT2D eigenvalue weighted by Crippen LogP contribution is 2.35. The van der Waals surface area contributed by atoms with Crippen molar-refractivity contribution >= 4 is 73.7 Å². The summed E-state index contributed by atoms with van der Waals surface area (Å²) in [6.45, 7) is 0.379. The van der Waals surface area contributed by atoms with Crippen molar-refractivity contribution in [3.05, 3.63) is 61.1 Å². The summed E-state index contributed by atoms with van der Waals surface area (Å²) in [4.78, 5) is 27.7. The van der Waals surface area contributed by atoms with Gasteiger partial charge in [0.05, 0.1) is 10.7 Å². The van der Waals surface area contributed by atoms with E-state index in [9.17, 15) is 9.59 Å². The topological polar surface area (TPSA) is 59.1 Å². The van der Waals surface area contributed by atoms with Crippen LogP contribution in [-0.4, -0.2) is 47.9 Å². The molecule has 9 heteroatoms. The number of amides is 2. The first-order valence-corrected chi connectivity index (χ1v) is 11.1. The van der Waals surface area contributed by atoms with Gasteiger partial charge in [0.1, 0.15) is 12.2 Å². The number of carbonyl (C=O) groups is 2. The lowest BCUT2D eigenvalue weighted by atomic mass is 10.1. The van der Waals surface area contributed by atoms with Crippen molar-refractivity contribution in [1.29, 1.82) is 0 Å². The number of hydrogen-bond donors (Lipinski definition) is 0. The summed E-state index contributed by atoms with van der Waals surface area (Å²) < 4.78 is 13.3. The van der Waals surface area contributed by atoms with Crippen LogP contribution in [0.2, 0.25) is 0 Å². The largest absolute Gasteiger partial charge is 0.493 e. The number of ether oxygens (including phenoxy) is 2. The zero-order chi connectivity index (χ0) is 22.0. The van der Waals surface area contributed by atoms with Crippen molar-refractivity contribution in [2.45, 2.75) is 6.61 Å². The van der Waals surface area contributed by atoms with E-state index in [-0.39, 0.29) is 10.7 Å². The minimum absolute atomic E-state index is 0.0370. The standard InChI is InChI=1S/C21H18BrIN2O4S/c1-24-19(26)15(20(27)25(2)21(24)30)8-13-9-16(23)18(17(10-13)28-3)29-11-12-4-6-14(22)7-5-12/h4-10H,11H2,1-3H3. The smallest absolute Gasteiger partial charge is 0.265 e. The zero-order valence-electron chi connectivity index (χ0n) is 16.4. The van der Waals surface area contributed by atoms with Crippen molar-refractivity contribution < 1.29 is 19.1 Å². The molecule has 3 rings (SSSR count). The van der Waals surface area contributed by atoms with Gasteiger partial charge in [-0.05, 0) is 76.3 Å². The monoisotopic (exact) mass is 600 g/mol. The van der Waals surface area contributed by atoms with Crippen molar-refractivity contribution in [1.82, 2.24) is 9.80 Å². The average Bonchev–Trinajstić information content (AvgIpc) is 2.74. The van der Waals surface area contributed by atoms with E-state index in [1.54, 1.807) is 33.3 Å². The van der Waals surface area contributed by atoms with Gasteiger partial charge in [-0.3, -0.25) is 19.4 Å². The Bertz CT molecular complexity index is 1030. The average molecular weight is 601 g/mol. The minimum atomic E-state index is -0.437. The SMILES string of the molecule is COc1cc(C=C2C(=O)N(C)C(=S)N(C)C2=O)cc(I)c1OCc1ccc(Br)cc1. The molecule has 0 aromatic heterocycles. The lowest BCUT2D eigenvalue weighted by Crippen LogP contribution is -2.52. The summed E-state index contributed by atoms with van der Waals surface area (Å²) in [5.41, 5.74) is 1.70. The van der Waals surface area contributed by atoms with Gasteiger partial charge < -0.3 is 9.47 Å². The van der Waals surface area contributed by atoms with E-state index in [0.717, 1.165) is 13.6 Å². The van der Waals surface area contributed by atoms with Gasteiger partial charge in [-0.1, -0.05) is 28.1 Å². The van der Waals surface area contributed by atoms with Crippen molar-refractivity contribution in [2.75, 3.05) is 21.2 Å². The molecule has 2 aromatic rings. The van der Waals surface area contributed by atoms with Gasteiger partial charge in [0.15, 0.2) is 16.6 Å². The van der Waals surface area contributed by atoms with Crippen LogP contribution < -0.4 is 9.47 Å². The molecule has 1 aliphatic heterocycles. The highest BCUT2D eigenvalue weighted by atomic mass is 127. The molecule has 0 bridgehead atoms. The van der Waals surface area contributed by atoms with E-state index >= 15 is 0 Å². The quantitative estimate of drug-likeness (QED) is 0.222. The molecule has 0 aliphatic carbocycles. The molecule has 0 saturated carbocycles. The number of rotatable bonds is 5. The van der Waals surface area contributed by atoms with Gasteiger partial charge in [0.2, 0.25) is 0 Å². The fraction of sp³-hybridized carbons (Fsp3) is 0.190. The molecule has 1 fully saturated rings. The third kappa shape index (κ3) is 4.68. The van der Waals surface area contributed by atoms with Crippen molar-refractivity contribution in [2.24, 2.45) is 0 Å². The van der Waals surface area contributed by atoms with E-state index in [1.807, 2.05) is 30.3 Å². The van der Waals surface area contributed by atoms with Crippen LogP contribution >= 0.6 is 50.7 Å². The van der Waals surface area contributed by atoms with Crippen LogP contribution in [0, 0.1) is 3.57 Å². The van der Waals surface area contributed by atoms with Crippen LogP contribution in [0.15, 0.2) is 46.4 Å². The molecule has 0 atom stereocenters. The maximum absolute atomic E-state index is 12.5. The fourth-order valence-electron chi connectivity index (χ4n) is 2.84. The van der Waals surface area contributed by atoms with Crippen LogP contribution in [-0.2, 0) is 16.2 Å². The molecule has 6 nitrogen and oxygen atoms in total. The Morgan fingerprint density at radius 3 is 2.27 bits per heavy atom. The molecule has 0 unspecified atom stereocenters. The highest BCUT2D eigenvalue weighted by Gasteiger charge is 2.35. The minimum Gasteiger partial charge on any atom is -0.493 e. The fourth-order valence-corrected chi connectivity index (χ4v) is 4.05. The number of methoxy groups -OCH3 is 1. The molecule has 156 valence electrons. The highest BCUT2D eigenvalue weighted by molar-refractivity contribution is 14.1. The molecule has 1 aliphatic rings. The number of thiocarbonyl (C=S) groups is 1. The van der Waals surface area contributed by atoms with Gasteiger partial charge in [0, 0.05) is 18.6 Å². The number of likely N-dealkylation sites (N-methyl/N-ethyl adjacent to an activating group) is 2. The molecule has 30 heavy (non-hydrogen) atoms. The van der Waals surface area contributed by atoms with Gasteiger partial charge in [-0.25, -0.2) is 0 Å². The van der Waals surface area contributed by atoms with E-state index in [4.69, 9.17) is 21.7 Å². The lowest BCUT2D eigenvalue weighted by Gasteiger charge is -2.31. The maximum Gasteiger partial charge on any atom is 0.265 e. The second kappa shape index (κ2) is 9.44. The number of benzene rings is 2. The summed E-state index contributed by atoms with van der Waals surface area (Å²) in [6.07, 6.45) is 1.54. The van der Waals surface area contributed by atoms with E-state index < -0.39 is 11.8 Å². The number of nitrogens with zero attached hydrogens (tertiary/aromatic N) is 2. The normalized spacial score (nSPS) is 14.3. The van der Waals surface area contributed by atoms with Crippen molar-refractivity contribution in [3.63, 3.8) is 0 Å². The van der Waals surface area contributed by atoms with Gasteiger partial charge in [-0.15, -0.1) is 0 Å². The first-order chi connectivity index (χ1) is 14.2. The van der Waals surface area contributed by atoms with Gasteiger partial charge in [-0.2, -0.15) is 0 Å². The van der Waals surface area contributed by atoms with Crippen LogP contribution in [0.3, 0.4) is 0 Å². The van der Waals surface area contributed by atoms with E-state index in [1.165, 1.54) is 9.80 Å². The van der Waals surface area contributed by atoms with Gasteiger partial charge >= 0.3 is 0 Å². The van der Waals surface area contributed by atoms with Crippen molar-refractivity contribution in [3.8, 4) is 11.5 Å². The third-order valence-corrected chi connectivity index (χ3v) is 6.38. The lowest BCUT2D eigenvalue weighted by molar-refractivity contribution is -0.132. The summed E-state index contributed by atoms with van der Waals surface area (Å²) in [7, 11) is 4.64. The molecule has 0 spiro atoms. The Morgan fingerprint density at radius 2 is 1.70 bits per heavy atom. The molecule has 1 saturated heterocycles. The number of carbonyl (C=O) groups excluding carboxylic acids is 2. The Balaban J connectivity index is 1.90. The Kier molecular flexibility index (Phi) is 7.14. The predicted octanol–water partition coefficient (Wildman–Crippen LogP) is 4.24. The second-order valence-corrected chi connectivity index (χ2v) is 8.96. The van der Waals surface area contributed by atoms with Crippen LogP contribution in [0.25, 0.3) is 6.08 Å². The zero-order valence-corrected chi connectivity index (χ0v) is 21.0. The molecule has 2 aromatic carbocycles. The second-order valence-electron chi connectivity index (χ2n) is 6.52. The molecule has 2 amide bonds. The Labute approximate surface area is 202 Å². The Hall–Kier alpha value is -1.98. The summed E-state index contributed by atoms with van der Waals surface area (Å²) >= 11 is 10.7. The molecule has 0 N–H and O–H groups in total. The summed E-state index contributed by atoms with van der Waals surface area (Å²) in [6, 6.07) is 11.4. The van der Waals surface area contributed by atoms with E-state index in [0.29, 0.717) is 23.7 Å². The molecular formula is C21H18BrIN2O4S. The van der Waals surface area contributed by atoms with Crippen LogP contribution in [0.1, 0.15) is 11.1 Å². The molecular weight excluding hydrogens is 583 g/mol. The van der Waals surface area contributed by atoms with Crippen LogP contribution in [0.5, 0.6) is 11.5 Å². The van der Waals surface area contributed by atoms with E-state index in [2.05, 4.69) is 38.5 Å². The summed E-state index contributed by atoms with van der Waals surface area (Å²) in [5, 5.41) is 0.172. The van der Waals surface area contributed by atoms with Crippen LogP contribution in [0.4, 0.5) is 0 Å². The third-order valence-electron chi connectivity index (χ3n) is 4.50. The Morgan fingerprint density at radius 1 is 1.10 bits per heavy atom. The number of halogens is 2. The van der Waals surface area contributed by atoms with Gasteiger partial charge in [0.25, 0.3) is 11.8 Å². The predicted molar refractivity (Wildman–Crippen MR) is 130 cm³/mol. The molecule has 1 heterocycles. The summed E-state index contributed by atoms with van der Waals surface area (Å²) in [5.74, 6) is 0.235. The molecule has 0 radical (unpaired) electrons. The maximum atomic E-state index is 12.5. The first kappa shape index (κ1) is 22.7. The number of hydrogen-bond acceptors (Lipinski definition) is 5.